The lowest BCUT2D eigenvalue weighted by Crippen LogP contribution is -2.60. The molecule has 7 atom stereocenters. The van der Waals surface area contributed by atoms with Gasteiger partial charge in [0, 0.05) is 17.3 Å². The van der Waals surface area contributed by atoms with E-state index in [9.17, 15) is 24.9 Å². The molecule has 0 aliphatic heterocycles. The molecular weight excluding hydrogens is 452 g/mol. The van der Waals surface area contributed by atoms with Gasteiger partial charge in [-0.05, 0) is 80.0 Å². The SMILES string of the molecule is C=C(CC[C@@H](C(=O)O)[C@H]1CC[C@@]2(C)C3=C(CC(O)[C@]12CO)[C@@]1(C)CCC(=O)C(C)(C)[C@@H]1CC3)C(C)C. The smallest absolute Gasteiger partial charge is 0.306 e. The maximum absolute atomic E-state index is 12.9. The van der Waals surface area contributed by atoms with E-state index in [2.05, 4.69) is 48.1 Å². The maximum atomic E-state index is 12.9. The number of carbonyl (C=O) groups excluding carboxylic acids is 1. The Kier molecular flexibility index (Phi) is 6.95. The molecule has 0 spiro atoms. The molecule has 1 unspecified atom stereocenters. The molecule has 0 saturated heterocycles. The van der Waals surface area contributed by atoms with Crippen molar-refractivity contribution < 1.29 is 24.9 Å². The number of aliphatic hydroxyl groups excluding tert-OH is 2. The molecule has 0 bridgehead atoms. The van der Waals surface area contributed by atoms with Gasteiger partial charge in [0.25, 0.3) is 0 Å². The highest BCUT2D eigenvalue weighted by molar-refractivity contribution is 5.85. The first-order valence-electron chi connectivity index (χ1n) is 14.1. The predicted octanol–water partition coefficient (Wildman–Crippen LogP) is 5.94. The number of hydrogen-bond acceptors (Lipinski definition) is 4. The molecule has 2 saturated carbocycles. The van der Waals surface area contributed by atoms with Crippen LogP contribution in [0.3, 0.4) is 0 Å². The molecule has 3 N–H and O–H groups in total. The van der Waals surface area contributed by atoms with Crippen molar-refractivity contribution in [3.8, 4) is 0 Å². The van der Waals surface area contributed by atoms with E-state index in [4.69, 9.17) is 0 Å². The van der Waals surface area contributed by atoms with E-state index < -0.39 is 28.8 Å². The van der Waals surface area contributed by atoms with E-state index in [-0.39, 0.29) is 29.3 Å². The lowest BCUT2D eigenvalue weighted by Gasteiger charge is -2.62. The van der Waals surface area contributed by atoms with E-state index in [0.29, 0.717) is 43.8 Å². The van der Waals surface area contributed by atoms with Crippen LogP contribution < -0.4 is 0 Å². The number of carboxylic acid groups (broad SMARTS) is 1. The second-order valence-corrected chi connectivity index (χ2v) is 13.8. The molecule has 0 aromatic carbocycles. The molecular formula is C31H48O5. The molecule has 5 heteroatoms. The Morgan fingerprint density at radius 2 is 1.75 bits per heavy atom. The summed E-state index contributed by atoms with van der Waals surface area (Å²) in [7, 11) is 0. The third-order valence-corrected chi connectivity index (χ3v) is 11.9. The fraction of sp³-hybridized carbons (Fsp3) is 0.806. The Bertz CT molecular complexity index is 975. The molecule has 0 amide bonds. The number of ketones is 1. The molecule has 36 heavy (non-hydrogen) atoms. The molecule has 2 fully saturated rings. The summed E-state index contributed by atoms with van der Waals surface area (Å²) in [6.45, 7) is 16.8. The lowest BCUT2D eigenvalue weighted by molar-refractivity contribution is -0.158. The molecule has 0 heterocycles. The van der Waals surface area contributed by atoms with E-state index in [1.54, 1.807) is 0 Å². The van der Waals surface area contributed by atoms with Crippen LogP contribution in [0.15, 0.2) is 23.3 Å². The van der Waals surface area contributed by atoms with Crippen molar-refractivity contribution in [1.29, 1.82) is 0 Å². The normalized spacial score (nSPS) is 40.5. The molecule has 0 radical (unpaired) electrons. The predicted molar refractivity (Wildman–Crippen MR) is 141 cm³/mol. The Morgan fingerprint density at radius 1 is 1.08 bits per heavy atom. The number of carboxylic acids is 1. The molecule has 4 rings (SSSR count). The number of allylic oxidation sites excluding steroid dienone is 2. The van der Waals surface area contributed by atoms with Crippen molar-refractivity contribution in [2.24, 2.45) is 45.3 Å². The van der Waals surface area contributed by atoms with Crippen LogP contribution >= 0.6 is 0 Å². The van der Waals surface area contributed by atoms with Crippen LogP contribution in [0, 0.1) is 45.3 Å². The summed E-state index contributed by atoms with van der Waals surface area (Å²) in [4.78, 5) is 25.5. The number of aliphatic hydroxyl groups is 2. The van der Waals surface area contributed by atoms with Crippen LogP contribution in [0.1, 0.15) is 99.3 Å². The minimum Gasteiger partial charge on any atom is -0.481 e. The summed E-state index contributed by atoms with van der Waals surface area (Å²) in [6.07, 6.45) is 5.47. The summed E-state index contributed by atoms with van der Waals surface area (Å²) >= 11 is 0. The van der Waals surface area contributed by atoms with Crippen molar-refractivity contribution in [3.05, 3.63) is 23.3 Å². The van der Waals surface area contributed by atoms with Gasteiger partial charge >= 0.3 is 5.97 Å². The Labute approximate surface area is 217 Å². The van der Waals surface area contributed by atoms with Gasteiger partial charge in [-0.15, -0.1) is 0 Å². The Hall–Kier alpha value is -1.46. The highest BCUT2D eigenvalue weighted by atomic mass is 16.4. The van der Waals surface area contributed by atoms with Crippen molar-refractivity contribution >= 4 is 11.8 Å². The van der Waals surface area contributed by atoms with Crippen LogP contribution in [-0.2, 0) is 9.59 Å². The number of Topliss-reactive ketones (excluding diaryl/α,β-unsaturated/α-hetero) is 1. The summed E-state index contributed by atoms with van der Waals surface area (Å²) in [6, 6.07) is 0. The van der Waals surface area contributed by atoms with E-state index >= 15 is 0 Å². The van der Waals surface area contributed by atoms with E-state index in [1.807, 2.05) is 0 Å². The zero-order chi connectivity index (χ0) is 26.8. The number of fused-ring (bicyclic) bond motifs is 4. The topological polar surface area (TPSA) is 94.8 Å². The van der Waals surface area contributed by atoms with Crippen molar-refractivity contribution in [2.75, 3.05) is 6.61 Å². The molecule has 0 aromatic heterocycles. The summed E-state index contributed by atoms with van der Waals surface area (Å²) < 4.78 is 0. The highest BCUT2D eigenvalue weighted by Crippen LogP contribution is 2.72. The molecule has 0 aromatic rings. The average molecular weight is 501 g/mol. The van der Waals surface area contributed by atoms with E-state index in [0.717, 1.165) is 31.3 Å². The van der Waals surface area contributed by atoms with Gasteiger partial charge in [0.1, 0.15) is 5.78 Å². The van der Waals surface area contributed by atoms with Crippen molar-refractivity contribution in [2.45, 2.75) is 105 Å². The Morgan fingerprint density at radius 3 is 2.33 bits per heavy atom. The van der Waals surface area contributed by atoms with Gasteiger partial charge in [-0.3, -0.25) is 9.59 Å². The quantitative estimate of drug-likeness (QED) is 0.376. The van der Waals surface area contributed by atoms with Gasteiger partial charge in [0.05, 0.1) is 18.6 Å². The minimum atomic E-state index is -0.864. The third-order valence-electron chi connectivity index (χ3n) is 11.9. The number of rotatable bonds is 7. The van der Waals surface area contributed by atoms with Crippen molar-refractivity contribution in [3.63, 3.8) is 0 Å². The van der Waals surface area contributed by atoms with Gasteiger partial charge in [-0.25, -0.2) is 0 Å². The summed E-state index contributed by atoms with van der Waals surface area (Å²) in [5, 5.41) is 33.3. The maximum Gasteiger partial charge on any atom is 0.306 e. The zero-order valence-electron chi connectivity index (χ0n) is 23.3. The number of carbonyl (C=O) groups is 2. The fourth-order valence-corrected chi connectivity index (χ4v) is 9.50. The van der Waals surface area contributed by atoms with Crippen molar-refractivity contribution in [1.82, 2.24) is 0 Å². The van der Waals surface area contributed by atoms with Crippen LogP contribution in [0.25, 0.3) is 0 Å². The van der Waals surface area contributed by atoms with Gasteiger partial charge in [-0.2, -0.15) is 0 Å². The molecule has 4 aliphatic carbocycles. The van der Waals surface area contributed by atoms with Gasteiger partial charge in [-0.1, -0.05) is 64.8 Å². The number of aliphatic carboxylic acids is 1. The standard InChI is InChI=1S/C31H48O5/c1-18(2)19(3)8-9-20(27(35)36)21-12-15-30(7)22-10-11-24-28(4,5)25(33)13-14-29(24,6)23(22)16-26(34)31(21,30)17-32/h18,20-21,24,26,32,34H,3,8-17H2,1-2,4-7H3,(H,35,36)/t20-,21-,24+,26?,29-,30+,31+/m1/s1. The first-order valence-corrected chi connectivity index (χ1v) is 14.1. The van der Waals surface area contributed by atoms with Gasteiger partial charge in [0.2, 0.25) is 0 Å². The lowest BCUT2D eigenvalue weighted by atomic mass is 9.42. The fourth-order valence-electron chi connectivity index (χ4n) is 9.50. The highest BCUT2D eigenvalue weighted by Gasteiger charge is 2.69. The molecule has 5 nitrogen and oxygen atoms in total. The van der Waals surface area contributed by atoms with Crippen LogP contribution in [0.4, 0.5) is 0 Å². The summed E-state index contributed by atoms with van der Waals surface area (Å²) in [5.41, 5.74) is 1.88. The third kappa shape index (κ3) is 3.62. The molecule has 202 valence electrons. The van der Waals surface area contributed by atoms with Crippen LogP contribution in [0.2, 0.25) is 0 Å². The van der Waals surface area contributed by atoms with Gasteiger partial charge < -0.3 is 15.3 Å². The Balaban J connectivity index is 1.77. The second kappa shape index (κ2) is 9.08. The zero-order valence-corrected chi connectivity index (χ0v) is 23.3. The monoisotopic (exact) mass is 500 g/mol. The second-order valence-electron chi connectivity index (χ2n) is 13.8. The first kappa shape index (κ1) is 27.6. The first-order chi connectivity index (χ1) is 16.7. The largest absolute Gasteiger partial charge is 0.481 e. The number of hydrogen-bond donors (Lipinski definition) is 3. The van der Waals surface area contributed by atoms with Crippen LogP contribution in [-0.4, -0.2) is 39.8 Å². The molecule has 4 aliphatic rings. The van der Waals surface area contributed by atoms with E-state index in [1.165, 1.54) is 11.1 Å². The van der Waals surface area contributed by atoms with Gasteiger partial charge in [0.15, 0.2) is 0 Å². The average Bonchev–Trinajstić information content (AvgIpc) is 3.11. The summed E-state index contributed by atoms with van der Waals surface area (Å²) in [5.74, 6) is -0.851. The minimum absolute atomic E-state index is 0.143. The van der Waals surface area contributed by atoms with Crippen LogP contribution in [0.5, 0.6) is 0 Å².